The second-order valence-electron chi connectivity index (χ2n) is 5.75. The molecule has 0 aliphatic rings. The van der Waals surface area contributed by atoms with Gasteiger partial charge in [-0.25, -0.2) is 4.98 Å². The summed E-state index contributed by atoms with van der Waals surface area (Å²) in [4.78, 5) is 16.7. The van der Waals surface area contributed by atoms with Crippen LogP contribution in [0.5, 0.6) is 5.75 Å². The van der Waals surface area contributed by atoms with E-state index < -0.39 is 0 Å². The molecule has 5 nitrogen and oxygen atoms in total. The summed E-state index contributed by atoms with van der Waals surface area (Å²) in [6, 6.07) is 15.0. The molecule has 0 bridgehead atoms. The summed E-state index contributed by atoms with van der Waals surface area (Å²) in [5.74, 6) is 0.985. The van der Waals surface area contributed by atoms with Crippen LogP contribution in [0.1, 0.15) is 6.92 Å². The standard InChI is InChI=1S/C20H20ClN3O2S/c1-3-24-18(14-7-9-17(26-2)10-8-14)12-22-20(24)27-13-19(25)23-16-6-4-5-15(21)11-16/h4-12H,3,13H2,1-2H3,(H,23,25). The van der Waals surface area contributed by atoms with Gasteiger partial charge in [-0.2, -0.15) is 0 Å². The average Bonchev–Trinajstić information content (AvgIpc) is 3.09. The highest BCUT2D eigenvalue weighted by Crippen LogP contribution is 2.27. The topological polar surface area (TPSA) is 56.2 Å². The number of nitrogens with one attached hydrogen (secondary N) is 1. The molecule has 27 heavy (non-hydrogen) atoms. The largest absolute Gasteiger partial charge is 0.497 e. The Bertz CT molecular complexity index is 925. The molecule has 7 heteroatoms. The number of hydrogen-bond donors (Lipinski definition) is 1. The molecule has 1 amide bonds. The molecule has 0 saturated carbocycles. The van der Waals surface area contributed by atoms with Gasteiger partial charge >= 0.3 is 0 Å². The molecule has 0 aliphatic heterocycles. The summed E-state index contributed by atoms with van der Waals surface area (Å²) in [5.41, 5.74) is 2.75. The second kappa shape index (κ2) is 8.97. The molecular weight excluding hydrogens is 382 g/mol. The lowest BCUT2D eigenvalue weighted by molar-refractivity contribution is -0.113. The monoisotopic (exact) mass is 401 g/mol. The fourth-order valence-corrected chi connectivity index (χ4v) is 3.70. The number of thioether (sulfide) groups is 1. The van der Waals surface area contributed by atoms with Crippen LogP contribution in [-0.2, 0) is 11.3 Å². The lowest BCUT2D eigenvalue weighted by Crippen LogP contribution is -2.14. The van der Waals surface area contributed by atoms with Gasteiger partial charge in [-0.05, 0) is 49.4 Å². The van der Waals surface area contributed by atoms with Gasteiger partial charge in [0, 0.05) is 22.8 Å². The molecule has 3 aromatic rings. The number of amides is 1. The van der Waals surface area contributed by atoms with Crippen LogP contribution in [0, 0.1) is 0 Å². The van der Waals surface area contributed by atoms with Crippen molar-refractivity contribution in [1.82, 2.24) is 9.55 Å². The highest BCUT2D eigenvalue weighted by Gasteiger charge is 2.13. The zero-order chi connectivity index (χ0) is 19.2. The number of aromatic nitrogens is 2. The third kappa shape index (κ3) is 4.84. The zero-order valence-electron chi connectivity index (χ0n) is 15.1. The fourth-order valence-electron chi connectivity index (χ4n) is 2.67. The first-order chi connectivity index (χ1) is 13.1. The molecule has 1 heterocycles. The molecule has 1 aromatic heterocycles. The third-order valence-electron chi connectivity index (χ3n) is 3.96. The van der Waals surface area contributed by atoms with Gasteiger partial charge in [0.05, 0.1) is 24.8 Å². The normalized spacial score (nSPS) is 10.6. The summed E-state index contributed by atoms with van der Waals surface area (Å²) in [6.07, 6.45) is 1.84. The predicted molar refractivity (Wildman–Crippen MR) is 111 cm³/mol. The zero-order valence-corrected chi connectivity index (χ0v) is 16.7. The van der Waals surface area contributed by atoms with Crippen LogP contribution in [0.25, 0.3) is 11.3 Å². The van der Waals surface area contributed by atoms with Gasteiger partial charge in [0.25, 0.3) is 0 Å². The van der Waals surface area contributed by atoms with Crippen molar-refractivity contribution >= 4 is 35.0 Å². The van der Waals surface area contributed by atoms with Gasteiger partial charge in [0.2, 0.25) is 5.91 Å². The van der Waals surface area contributed by atoms with Crippen molar-refractivity contribution in [2.45, 2.75) is 18.6 Å². The number of methoxy groups -OCH3 is 1. The van der Waals surface area contributed by atoms with Crippen molar-refractivity contribution < 1.29 is 9.53 Å². The molecule has 2 aromatic carbocycles. The van der Waals surface area contributed by atoms with Crippen LogP contribution >= 0.6 is 23.4 Å². The number of imidazole rings is 1. The van der Waals surface area contributed by atoms with Gasteiger partial charge in [0.1, 0.15) is 5.75 Å². The van der Waals surface area contributed by atoms with E-state index in [1.807, 2.05) is 36.5 Å². The minimum atomic E-state index is -0.0982. The lowest BCUT2D eigenvalue weighted by atomic mass is 10.1. The molecule has 140 valence electrons. The van der Waals surface area contributed by atoms with Gasteiger partial charge in [-0.3, -0.25) is 4.79 Å². The van der Waals surface area contributed by atoms with Gasteiger partial charge in [0.15, 0.2) is 5.16 Å². The molecule has 1 N–H and O–H groups in total. The number of halogens is 1. The Morgan fingerprint density at radius 3 is 2.70 bits per heavy atom. The van der Waals surface area contributed by atoms with E-state index in [4.69, 9.17) is 16.3 Å². The van der Waals surface area contributed by atoms with Gasteiger partial charge in [-0.15, -0.1) is 0 Å². The van der Waals surface area contributed by atoms with Crippen LogP contribution in [0.4, 0.5) is 5.69 Å². The van der Waals surface area contributed by atoms with Gasteiger partial charge < -0.3 is 14.6 Å². The minimum Gasteiger partial charge on any atom is -0.497 e. The van der Waals surface area contributed by atoms with E-state index >= 15 is 0 Å². The first-order valence-corrected chi connectivity index (χ1v) is 9.85. The molecule has 3 rings (SSSR count). The maximum Gasteiger partial charge on any atom is 0.234 e. The number of rotatable bonds is 7. The molecule has 0 unspecified atom stereocenters. The Morgan fingerprint density at radius 2 is 2.04 bits per heavy atom. The lowest BCUT2D eigenvalue weighted by Gasteiger charge is -2.10. The van der Waals surface area contributed by atoms with Crippen molar-refractivity contribution in [1.29, 1.82) is 0 Å². The van der Waals surface area contributed by atoms with Crippen LogP contribution in [-0.4, -0.2) is 28.3 Å². The van der Waals surface area contributed by atoms with Crippen LogP contribution in [0.2, 0.25) is 5.02 Å². The summed E-state index contributed by atoms with van der Waals surface area (Å²) < 4.78 is 7.31. The van der Waals surface area contributed by atoms with E-state index in [0.717, 1.165) is 28.7 Å². The van der Waals surface area contributed by atoms with Crippen LogP contribution in [0.3, 0.4) is 0 Å². The number of nitrogens with zero attached hydrogens (tertiary/aromatic N) is 2. The Balaban J connectivity index is 1.68. The first kappa shape index (κ1) is 19.3. The maximum atomic E-state index is 12.2. The number of ether oxygens (including phenoxy) is 1. The van der Waals surface area contributed by atoms with E-state index in [1.165, 1.54) is 11.8 Å². The van der Waals surface area contributed by atoms with Crippen molar-refractivity contribution in [3.05, 3.63) is 59.8 Å². The van der Waals surface area contributed by atoms with Crippen LogP contribution in [0.15, 0.2) is 59.9 Å². The maximum absolute atomic E-state index is 12.2. The SMILES string of the molecule is CCn1c(-c2ccc(OC)cc2)cnc1SCC(=O)Nc1cccc(Cl)c1. The van der Waals surface area contributed by atoms with Gasteiger partial charge in [-0.1, -0.05) is 29.4 Å². The summed E-state index contributed by atoms with van der Waals surface area (Å²) in [5, 5.41) is 4.25. The van der Waals surface area contributed by atoms with E-state index in [2.05, 4.69) is 21.8 Å². The predicted octanol–water partition coefficient (Wildman–Crippen LogP) is 4.96. The highest BCUT2D eigenvalue weighted by atomic mass is 35.5. The quantitative estimate of drug-likeness (QED) is 0.568. The molecule has 0 saturated heterocycles. The number of hydrogen-bond acceptors (Lipinski definition) is 4. The molecule has 0 spiro atoms. The van der Waals surface area contributed by atoms with E-state index in [1.54, 1.807) is 25.3 Å². The number of carbonyl (C=O) groups is 1. The summed E-state index contributed by atoms with van der Waals surface area (Å²) >= 11 is 7.35. The van der Waals surface area contributed by atoms with E-state index in [0.29, 0.717) is 10.7 Å². The van der Waals surface area contributed by atoms with E-state index in [9.17, 15) is 4.79 Å². The summed E-state index contributed by atoms with van der Waals surface area (Å²) in [7, 11) is 1.65. The third-order valence-corrected chi connectivity index (χ3v) is 5.19. The second-order valence-corrected chi connectivity index (χ2v) is 7.12. The van der Waals surface area contributed by atoms with Crippen molar-refractivity contribution in [3.63, 3.8) is 0 Å². The van der Waals surface area contributed by atoms with E-state index in [-0.39, 0.29) is 11.7 Å². The number of carbonyl (C=O) groups excluding carboxylic acids is 1. The molecule has 0 radical (unpaired) electrons. The van der Waals surface area contributed by atoms with Crippen molar-refractivity contribution in [2.75, 3.05) is 18.2 Å². The Kier molecular flexibility index (Phi) is 6.42. The Labute approximate surface area is 167 Å². The molecule has 0 fully saturated rings. The fraction of sp³-hybridized carbons (Fsp3) is 0.200. The van der Waals surface area contributed by atoms with Crippen molar-refractivity contribution in [2.24, 2.45) is 0 Å². The smallest absolute Gasteiger partial charge is 0.234 e. The Morgan fingerprint density at radius 1 is 1.26 bits per heavy atom. The minimum absolute atomic E-state index is 0.0982. The summed E-state index contributed by atoms with van der Waals surface area (Å²) in [6.45, 7) is 2.82. The highest BCUT2D eigenvalue weighted by molar-refractivity contribution is 7.99. The Hall–Kier alpha value is -2.44. The van der Waals surface area contributed by atoms with Crippen molar-refractivity contribution in [3.8, 4) is 17.0 Å². The number of benzene rings is 2. The molecule has 0 atom stereocenters. The number of anilines is 1. The van der Waals surface area contributed by atoms with Crippen LogP contribution < -0.4 is 10.1 Å². The molecular formula is C20H20ClN3O2S. The first-order valence-electron chi connectivity index (χ1n) is 8.49. The average molecular weight is 402 g/mol. The molecule has 0 aliphatic carbocycles.